The lowest BCUT2D eigenvalue weighted by molar-refractivity contribution is 0.114. The van der Waals surface area contributed by atoms with E-state index < -0.39 is 5.82 Å². The number of guanidine groups is 1. The standard InChI is InChI=1S/C13H18FN3O2/c14-11-6-9(3-4-12(11)18)7-16-13(15)17-8-10-2-1-5-19-10/h3-4,6,10,18H,1-2,5,7-8H2,(H3,15,16,17). The lowest BCUT2D eigenvalue weighted by Crippen LogP contribution is -2.37. The molecular formula is C13H18FN3O2. The monoisotopic (exact) mass is 267 g/mol. The van der Waals surface area contributed by atoms with Crippen molar-refractivity contribution in [2.75, 3.05) is 13.2 Å². The van der Waals surface area contributed by atoms with Crippen molar-refractivity contribution < 1.29 is 14.2 Å². The molecule has 1 aromatic rings. The van der Waals surface area contributed by atoms with Crippen LogP contribution in [0.4, 0.5) is 4.39 Å². The topological polar surface area (TPSA) is 79.9 Å². The lowest BCUT2D eigenvalue weighted by atomic mass is 10.2. The van der Waals surface area contributed by atoms with Crippen LogP contribution in [-0.2, 0) is 11.3 Å². The molecule has 2 rings (SSSR count). The summed E-state index contributed by atoms with van der Waals surface area (Å²) in [6, 6.07) is 4.15. The lowest BCUT2D eigenvalue weighted by Gasteiger charge is -2.11. The van der Waals surface area contributed by atoms with Gasteiger partial charge in [-0.05, 0) is 30.5 Å². The maximum absolute atomic E-state index is 13.1. The van der Waals surface area contributed by atoms with Crippen LogP contribution in [0.1, 0.15) is 18.4 Å². The molecule has 104 valence electrons. The van der Waals surface area contributed by atoms with Gasteiger partial charge in [0.25, 0.3) is 0 Å². The third-order valence-electron chi connectivity index (χ3n) is 2.98. The highest BCUT2D eigenvalue weighted by atomic mass is 19.1. The average molecular weight is 267 g/mol. The van der Waals surface area contributed by atoms with E-state index in [1.807, 2.05) is 0 Å². The van der Waals surface area contributed by atoms with Gasteiger partial charge in [-0.3, -0.25) is 0 Å². The molecule has 0 bridgehead atoms. The molecule has 1 heterocycles. The molecule has 1 atom stereocenters. The number of aromatic hydroxyl groups is 1. The van der Waals surface area contributed by atoms with Crippen LogP contribution in [0.15, 0.2) is 23.2 Å². The van der Waals surface area contributed by atoms with E-state index in [0.717, 1.165) is 19.4 Å². The third-order valence-corrected chi connectivity index (χ3v) is 2.98. The van der Waals surface area contributed by atoms with Gasteiger partial charge in [0.15, 0.2) is 17.5 Å². The second-order valence-electron chi connectivity index (χ2n) is 4.50. The molecule has 0 aromatic heterocycles. The SMILES string of the molecule is NC(=NCc1ccc(O)c(F)c1)NCC1CCCO1. The molecule has 4 N–H and O–H groups in total. The Morgan fingerprint density at radius 3 is 3.11 bits per heavy atom. The maximum atomic E-state index is 13.1. The number of aliphatic imine (C=N–C) groups is 1. The smallest absolute Gasteiger partial charge is 0.189 e. The zero-order valence-electron chi connectivity index (χ0n) is 10.6. The van der Waals surface area contributed by atoms with Gasteiger partial charge in [0.05, 0.1) is 12.6 Å². The fourth-order valence-electron chi connectivity index (χ4n) is 1.90. The zero-order valence-corrected chi connectivity index (χ0v) is 10.6. The zero-order chi connectivity index (χ0) is 13.7. The van der Waals surface area contributed by atoms with Gasteiger partial charge in [0.1, 0.15) is 0 Å². The maximum Gasteiger partial charge on any atom is 0.189 e. The minimum Gasteiger partial charge on any atom is -0.505 e. The first kappa shape index (κ1) is 13.6. The second kappa shape index (κ2) is 6.38. The number of rotatable bonds is 4. The summed E-state index contributed by atoms with van der Waals surface area (Å²) in [5.41, 5.74) is 6.36. The summed E-state index contributed by atoms with van der Waals surface area (Å²) >= 11 is 0. The first-order chi connectivity index (χ1) is 9.15. The van der Waals surface area contributed by atoms with E-state index in [-0.39, 0.29) is 18.4 Å². The van der Waals surface area contributed by atoms with E-state index in [4.69, 9.17) is 15.6 Å². The predicted molar refractivity (Wildman–Crippen MR) is 70.4 cm³/mol. The summed E-state index contributed by atoms with van der Waals surface area (Å²) in [5.74, 6) is -0.709. The van der Waals surface area contributed by atoms with E-state index in [2.05, 4.69) is 10.3 Å². The Bertz CT molecular complexity index is 459. The van der Waals surface area contributed by atoms with Gasteiger partial charge in [0.2, 0.25) is 0 Å². The van der Waals surface area contributed by atoms with E-state index in [1.165, 1.54) is 12.1 Å². The Hall–Kier alpha value is -1.82. The summed E-state index contributed by atoms with van der Waals surface area (Å²) in [6.45, 7) is 1.71. The fourth-order valence-corrected chi connectivity index (χ4v) is 1.90. The molecule has 0 saturated carbocycles. The number of ether oxygens (including phenoxy) is 1. The fraction of sp³-hybridized carbons (Fsp3) is 0.462. The first-order valence-electron chi connectivity index (χ1n) is 6.28. The highest BCUT2D eigenvalue weighted by Gasteiger charge is 2.14. The van der Waals surface area contributed by atoms with Gasteiger partial charge in [0, 0.05) is 13.2 Å². The number of phenols is 1. The van der Waals surface area contributed by atoms with Crippen molar-refractivity contribution >= 4 is 5.96 Å². The van der Waals surface area contributed by atoms with Crippen LogP contribution in [-0.4, -0.2) is 30.3 Å². The summed E-state index contributed by atoms with van der Waals surface area (Å²) in [6.07, 6.45) is 2.31. The molecule has 6 heteroatoms. The number of benzene rings is 1. The van der Waals surface area contributed by atoms with Gasteiger partial charge < -0.3 is 20.9 Å². The van der Waals surface area contributed by atoms with Gasteiger partial charge in [-0.25, -0.2) is 9.38 Å². The van der Waals surface area contributed by atoms with Crippen molar-refractivity contribution in [2.24, 2.45) is 10.7 Å². The molecule has 1 fully saturated rings. The summed E-state index contributed by atoms with van der Waals surface area (Å²) in [4.78, 5) is 4.11. The Balaban J connectivity index is 1.81. The van der Waals surface area contributed by atoms with Gasteiger partial charge in [-0.2, -0.15) is 0 Å². The molecule has 1 aromatic carbocycles. The van der Waals surface area contributed by atoms with Crippen molar-refractivity contribution in [3.8, 4) is 5.75 Å². The van der Waals surface area contributed by atoms with E-state index in [9.17, 15) is 4.39 Å². The van der Waals surface area contributed by atoms with Crippen molar-refractivity contribution in [1.82, 2.24) is 5.32 Å². The summed E-state index contributed by atoms with van der Waals surface area (Å²) in [7, 11) is 0. The molecule has 0 aliphatic carbocycles. The van der Waals surface area contributed by atoms with Crippen LogP contribution >= 0.6 is 0 Å². The van der Waals surface area contributed by atoms with Crippen LogP contribution < -0.4 is 11.1 Å². The molecule has 19 heavy (non-hydrogen) atoms. The largest absolute Gasteiger partial charge is 0.505 e. The van der Waals surface area contributed by atoms with Crippen LogP contribution in [0, 0.1) is 5.82 Å². The highest BCUT2D eigenvalue weighted by Crippen LogP contribution is 2.16. The van der Waals surface area contributed by atoms with Gasteiger partial charge in [-0.15, -0.1) is 0 Å². The number of phenolic OH excluding ortho intramolecular Hbond substituents is 1. The number of nitrogens with one attached hydrogen (secondary N) is 1. The normalized spacial score (nSPS) is 19.6. The molecular weight excluding hydrogens is 249 g/mol. The molecule has 0 radical (unpaired) electrons. The quantitative estimate of drug-likeness (QED) is 0.564. The van der Waals surface area contributed by atoms with Gasteiger partial charge in [-0.1, -0.05) is 6.07 Å². The second-order valence-corrected chi connectivity index (χ2v) is 4.50. The van der Waals surface area contributed by atoms with Crippen LogP contribution in [0.2, 0.25) is 0 Å². The predicted octanol–water partition coefficient (Wildman–Crippen LogP) is 1.11. The van der Waals surface area contributed by atoms with Crippen molar-refractivity contribution in [1.29, 1.82) is 0 Å². The number of hydrogen-bond donors (Lipinski definition) is 3. The molecule has 1 aliphatic heterocycles. The molecule has 1 saturated heterocycles. The van der Waals surface area contributed by atoms with E-state index in [0.29, 0.717) is 18.1 Å². The average Bonchev–Trinajstić information content (AvgIpc) is 2.91. The number of nitrogens with two attached hydrogens (primary N) is 1. The Kier molecular flexibility index (Phi) is 4.57. The van der Waals surface area contributed by atoms with Crippen molar-refractivity contribution in [2.45, 2.75) is 25.5 Å². The van der Waals surface area contributed by atoms with Crippen LogP contribution in [0.5, 0.6) is 5.75 Å². The molecule has 0 amide bonds. The first-order valence-corrected chi connectivity index (χ1v) is 6.28. The summed E-state index contributed by atoms with van der Waals surface area (Å²) < 4.78 is 18.5. The van der Waals surface area contributed by atoms with Gasteiger partial charge >= 0.3 is 0 Å². The minimum atomic E-state index is -0.654. The number of nitrogens with zero attached hydrogens (tertiary/aromatic N) is 1. The number of halogens is 1. The van der Waals surface area contributed by atoms with Crippen LogP contribution in [0.3, 0.4) is 0 Å². The molecule has 0 spiro atoms. The number of hydrogen-bond acceptors (Lipinski definition) is 3. The minimum absolute atomic E-state index is 0.194. The van der Waals surface area contributed by atoms with E-state index in [1.54, 1.807) is 6.07 Å². The third kappa shape index (κ3) is 4.10. The summed E-state index contributed by atoms with van der Waals surface area (Å²) in [5, 5.41) is 12.0. The Morgan fingerprint density at radius 1 is 1.58 bits per heavy atom. The Labute approximate surface area is 111 Å². The van der Waals surface area contributed by atoms with Crippen molar-refractivity contribution in [3.05, 3.63) is 29.6 Å². The molecule has 5 nitrogen and oxygen atoms in total. The van der Waals surface area contributed by atoms with Crippen molar-refractivity contribution in [3.63, 3.8) is 0 Å². The molecule has 1 unspecified atom stereocenters. The van der Waals surface area contributed by atoms with E-state index >= 15 is 0 Å². The van der Waals surface area contributed by atoms with Crippen LogP contribution in [0.25, 0.3) is 0 Å². The molecule has 1 aliphatic rings. The highest BCUT2D eigenvalue weighted by molar-refractivity contribution is 5.77. The Morgan fingerprint density at radius 2 is 2.42 bits per heavy atom.